The number of hydrogen-bond acceptors (Lipinski definition) is 1. The summed E-state index contributed by atoms with van der Waals surface area (Å²) in [6, 6.07) is 5.34. The van der Waals surface area contributed by atoms with Gasteiger partial charge in [-0.2, -0.15) is 0 Å². The highest BCUT2D eigenvalue weighted by Gasteiger charge is 2.11. The number of nitrogens with two attached hydrogens (primary N) is 1. The first kappa shape index (κ1) is 10.2. The maximum atomic E-state index is 13.7. The Labute approximate surface area is 88.5 Å². The Bertz CT molecular complexity index is 500. The van der Waals surface area contributed by atoms with Crippen molar-refractivity contribution >= 4 is 10.9 Å². The zero-order chi connectivity index (χ0) is 11.0. The van der Waals surface area contributed by atoms with Gasteiger partial charge in [-0.05, 0) is 31.5 Å². The summed E-state index contributed by atoms with van der Waals surface area (Å²) < 4.78 is 15.6. The summed E-state index contributed by atoms with van der Waals surface area (Å²) in [5, 5.41) is 0.987. The maximum absolute atomic E-state index is 13.7. The Morgan fingerprint density at radius 3 is 2.73 bits per heavy atom. The molecule has 0 spiro atoms. The number of rotatable bonds is 2. The third kappa shape index (κ3) is 1.53. The molecule has 80 valence electrons. The second kappa shape index (κ2) is 3.66. The lowest BCUT2D eigenvalue weighted by atomic mass is 10.1. The second-order valence-electron chi connectivity index (χ2n) is 3.85. The van der Waals surface area contributed by atoms with Crippen LogP contribution in [-0.4, -0.2) is 11.1 Å². The molecule has 0 unspecified atom stereocenters. The van der Waals surface area contributed by atoms with E-state index >= 15 is 0 Å². The van der Waals surface area contributed by atoms with Gasteiger partial charge in [0, 0.05) is 24.2 Å². The molecule has 0 bridgehead atoms. The summed E-state index contributed by atoms with van der Waals surface area (Å²) in [5.74, 6) is -0.169. The molecule has 1 aromatic heterocycles. The van der Waals surface area contributed by atoms with Gasteiger partial charge < -0.3 is 10.3 Å². The second-order valence-corrected chi connectivity index (χ2v) is 3.85. The summed E-state index contributed by atoms with van der Waals surface area (Å²) in [6.07, 6.45) is 0. The van der Waals surface area contributed by atoms with Crippen LogP contribution < -0.4 is 5.73 Å². The lowest BCUT2D eigenvalue weighted by molar-refractivity contribution is 0.619. The normalized spacial score (nSPS) is 11.2. The molecule has 1 aromatic carbocycles. The molecular formula is C12H15FN2. The van der Waals surface area contributed by atoms with Gasteiger partial charge >= 0.3 is 0 Å². The van der Waals surface area contributed by atoms with Gasteiger partial charge in [-0.15, -0.1) is 0 Å². The number of aryl methyl sites for hydroxylation is 2. The topological polar surface area (TPSA) is 30.9 Å². The molecular weight excluding hydrogens is 191 g/mol. The van der Waals surface area contributed by atoms with Crippen LogP contribution in [0.2, 0.25) is 0 Å². The number of aromatic nitrogens is 1. The van der Waals surface area contributed by atoms with Crippen LogP contribution in [0.3, 0.4) is 0 Å². The average Bonchev–Trinajstić information content (AvgIpc) is 2.53. The van der Waals surface area contributed by atoms with Crippen molar-refractivity contribution in [3.05, 3.63) is 35.3 Å². The summed E-state index contributed by atoms with van der Waals surface area (Å²) in [4.78, 5) is 0. The molecule has 0 amide bonds. The summed E-state index contributed by atoms with van der Waals surface area (Å²) in [6.45, 7) is 5.16. The van der Waals surface area contributed by atoms with E-state index in [1.807, 2.05) is 30.5 Å². The fraction of sp³-hybridized carbons (Fsp3) is 0.333. The Balaban J connectivity index is 2.79. The maximum Gasteiger partial charge on any atom is 0.147 e. The Kier molecular flexibility index (Phi) is 2.49. The standard InChI is InChI=1S/C12H15FN2/c1-8-3-4-11(13)12-10(8)7-9(2)15(12)6-5-14/h3-4,7H,5-6,14H2,1-2H3. The summed E-state index contributed by atoms with van der Waals surface area (Å²) in [7, 11) is 0. The number of fused-ring (bicyclic) bond motifs is 1. The third-order valence-electron chi connectivity index (χ3n) is 2.79. The fourth-order valence-electron chi connectivity index (χ4n) is 2.02. The molecule has 0 saturated carbocycles. The molecule has 3 heteroatoms. The van der Waals surface area contributed by atoms with Crippen LogP contribution in [0.5, 0.6) is 0 Å². The van der Waals surface area contributed by atoms with E-state index in [9.17, 15) is 4.39 Å². The van der Waals surface area contributed by atoms with E-state index in [0.717, 1.165) is 16.6 Å². The van der Waals surface area contributed by atoms with E-state index in [1.165, 1.54) is 6.07 Å². The highest BCUT2D eigenvalue weighted by atomic mass is 19.1. The first-order valence-corrected chi connectivity index (χ1v) is 5.10. The van der Waals surface area contributed by atoms with Gasteiger partial charge in [0.05, 0.1) is 5.52 Å². The number of benzene rings is 1. The van der Waals surface area contributed by atoms with Crippen LogP contribution in [0.25, 0.3) is 10.9 Å². The van der Waals surface area contributed by atoms with Crippen molar-refractivity contribution in [2.45, 2.75) is 20.4 Å². The highest BCUT2D eigenvalue weighted by Crippen LogP contribution is 2.25. The van der Waals surface area contributed by atoms with Crippen molar-refractivity contribution in [3.8, 4) is 0 Å². The van der Waals surface area contributed by atoms with E-state index in [1.54, 1.807) is 0 Å². The zero-order valence-corrected chi connectivity index (χ0v) is 9.05. The van der Waals surface area contributed by atoms with Gasteiger partial charge in [0.1, 0.15) is 5.82 Å². The van der Waals surface area contributed by atoms with Crippen molar-refractivity contribution in [2.75, 3.05) is 6.54 Å². The minimum atomic E-state index is -0.169. The molecule has 0 fully saturated rings. The summed E-state index contributed by atoms with van der Waals surface area (Å²) in [5.41, 5.74) is 8.36. The van der Waals surface area contributed by atoms with E-state index in [2.05, 4.69) is 0 Å². The van der Waals surface area contributed by atoms with Gasteiger partial charge in [0.2, 0.25) is 0 Å². The zero-order valence-electron chi connectivity index (χ0n) is 9.05. The molecule has 0 aliphatic heterocycles. The molecule has 2 aromatic rings. The van der Waals surface area contributed by atoms with Gasteiger partial charge in [-0.3, -0.25) is 0 Å². The van der Waals surface area contributed by atoms with Crippen LogP contribution in [0.4, 0.5) is 4.39 Å². The molecule has 2 N–H and O–H groups in total. The third-order valence-corrected chi connectivity index (χ3v) is 2.79. The first-order valence-electron chi connectivity index (χ1n) is 5.10. The molecule has 0 saturated heterocycles. The van der Waals surface area contributed by atoms with Crippen molar-refractivity contribution in [1.82, 2.24) is 4.57 Å². The lowest BCUT2D eigenvalue weighted by Crippen LogP contribution is -2.11. The Hall–Kier alpha value is -1.35. The Morgan fingerprint density at radius 2 is 2.07 bits per heavy atom. The molecule has 15 heavy (non-hydrogen) atoms. The molecule has 0 radical (unpaired) electrons. The quantitative estimate of drug-likeness (QED) is 0.803. The molecule has 2 rings (SSSR count). The molecule has 1 heterocycles. The first-order chi connectivity index (χ1) is 7.15. The molecule has 0 aliphatic rings. The van der Waals surface area contributed by atoms with E-state index in [-0.39, 0.29) is 5.82 Å². The lowest BCUT2D eigenvalue weighted by Gasteiger charge is -2.07. The van der Waals surface area contributed by atoms with Crippen molar-refractivity contribution in [2.24, 2.45) is 5.73 Å². The van der Waals surface area contributed by atoms with Crippen molar-refractivity contribution in [3.63, 3.8) is 0 Å². The van der Waals surface area contributed by atoms with Crippen LogP contribution in [0.15, 0.2) is 18.2 Å². The van der Waals surface area contributed by atoms with Gasteiger partial charge in [0.25, 0.3) is 0 Å². The van der Waals surface area contributed by atoms with Crippen molar-refractivity contribution < 1.29 is 4.39 Å². The average molecular weight is 206 g/mol. The highest BCUT2D eigenvalue weighted by molar-refractivity contribution is 5.85. The number of nitrogens with zero attached hydrogens (tertiary/aromatic N) is 1. The SMILES string of the molecule is Cc1ccc(F)c2c1cc(C)n2CCN. The minimum absolute atomic E-state index is 0.169. The van der Waals surface area contributed by atoms with Gasteiger partial charge in [0.15, 0.2) is 0 Å². The van der Waals surface area contributed by atoms with Crippen LogP contribution in [-0.2, 0) is 6.54 Å². The number of hydrogen-bond donors (Lipinski definition) is 1. The van der Waals surface area contributed by atoms with Crippen LogP contribution in [0.1, 0.15) is 11.3 Å². The number of halogens is 1. The largest absolute Gasteiger partial charge is 0.341 e. The van der Waals surface area contributed by atoms with Crippen LogP contribution >= 0.6 is 0 Å². The molecule has 0 atom stereocenters. The van der Waals surface area contributed by atoms with E-state index in [4.69, 9.17) is 5.73 Å². The monoisotopic (exact) mass is 206 g/mol. The van der Waals surface area contributed by atoms with Crippen LogP contribution in [0, 0.1) is 19.7 Å². The predicted molar refractivity (Wildman–Crippen MR) is 60.4 cm³/mol. The van der Waals surface area contributed by atoms with Gasteiger partial charge in [-0.25, -0.2) is 4.39 Å². The smallest absolute Gasteiger partial charge is 0.147 e. The summed E-state index contributed by atoms with van der Waals surface area (Å²) >= 11 is 0. The van der Waals surface area contributed by atoms with Crippen molar-refractivity contribution in [1.29, 1.82) is 0 Å². The minimum Gasteiger partial charge on any atom is -0.341 e. The molecule has 0 aliphatic carbocycles. The van der Waals surface area contributed by atoms with Gasteiger partial charge in [-0.1, -0.05) is 6.07 Å². The van der Waals surface area contributed by atoms with E-state index < -0.39 is 0 Å². The fourth-order valence-corrected chi connectivity index (χ4v) is 2.02. The molecule has 2 nitrogen and oxygen atoms in total. The predicted octanol–water partition coefficient (Wildman–Crippen LogP) is 2.36. The van der Waals surface area contributed by atoms with E-state index in [0.29, 0.717) is 18.6 Å². The Morgan fingerprint density at radius 1 is 1.33 bits per heavy atom.